The van der Waals surface area contributed by atoms with E-state index in [1.807, 2.05) is 0 Å². The Morgan fingerprint density at radius 2 is 1.83 bits per heavy atom. The third-order valence-electron chi connectivity index (χ3n) is 2.78. The first-order chi connectivity index (χ1) is 8.72. The monoisotopic (exact) mass is 250 g/mol. The lowest BCUT2D eigenvalue weighted by molar-refractivity contribution is 0.0594. The Labute approximate surface area is 104 Å². The second-order valence-corrected chi connectivity index (χ2v) is 3.84. The van der Waals surface area contributed by atoms with Crippen molar-refractivity contribution in [3.63, 3.8) is 0 Å². The van der Waals surface area contributed by atoms with Crippen LogP contribution in [0.25, 0.3) is 0 Å². The van der Waals surface area contributed by atoms with E-state index in [2.05, 4.69) is 14.7 Å². The fraction of sp³-hybridized carbons (Fsp3) is 0.455. The summed E-state index contributed by atoms with van der Waals surface area (Å²) in [5, 5.41) is 0. The normalized spacial score (nSPS) is 15.4. The van der Waals surface area contributed by atoms with Crippen LogP contribution < -0.4 is 0 Å². The third-order valence-corrected chi connectivity index (χ3v) is 2.78. The van der Waals surface area contributed by atoms with Gasteiger partial charge in [-0.15, -0.1) is 0 Å². The Morgan fingerprint density at radius 1 is 1.17 bits per heavy atom. The van der Waals surface area contributed by atoms with Crippen molar-refractivity contribution >= 4 is 12.0 Å². The van der Waals surface area contributed by atoms with Gasteiger partial charge in [0.05, 0.1) is 13.3 Å². The van der Waals surface area contributed by atoms with Gasteiger partial charge in [-0.3, -0.25) is 9.78 Å². The van der Waals surface area contributed by atoms with Crippen LogP contribution >= 0.6 is 0 Å². The van der Waals surface area contributed by atoms with E-state index in [9.17, 15) is 9.59 Å². The minimum Gasteiger partial charge on any atom is -0.453 e. The largest absolute Gasteiger partial charge is 0.453 e. The quantitative estimate of drug-likeness (QED) is 0.701. The summed E-state index contributed by atoms with van der Waals surface area (Å²) < 4.78 is 4.63. The first kappa shape index (κ1) is 12.3. The van der Waals surface area contributed by atoms with Gasteiger partial charge in [-0.25, -0.2) is 9.78 Å². The van der Waals surface area contributed by atoms with E-state index in [-0.39, 0.29) is 12.0 Å². The number of rotatable bonds is 1. The molecule has 1 aromatic heterocycles. The molecular formula is C11H14N4O3. The van der Waals surface area contributed by atoms with E-state index in [4.69, 9.17) is 0 Å². The van der Waals surface area contributed by atoms with Crippen molar-refractivity contribution in [2.45, 2.75) is 0 Å². The number of carbonyl (C=O) groups excluding carboxylic acids is 2. The zero-order chi connectivity index (χ0) is 13.0. The molecule has 96 valence electrons. The SMILES string of the molecule is COC(=O)N1CCN(C(=O)c2cnccn2)CC1. The number of aromatic nitrogens is 2. The Morgan fingerprint density at radius 3 is 2.39 bits per heavy atom. The summed E-state index contributed by atoms with van der Waals surface area (Å²) in [5.41, 5.74) is 0.323. The highest BCUT2D eigenvalue weighted by Gasteiger charge is 2.25. The maximum Gasteiger partial charge on any atom is 0.409 e. The molecule has 7 heteroatoms. The average molecular weight is 250 g/mol. The number of carbonyl (C=O) groups is 2. The lowest BCUT2D eigenvalue weighted by atomic mass is 10.3. The van der Waals surface area contributed by atoms with Crippen LogP contribution in [0.1, 0.15) is 10.5 Å². The van der Waals surface area contributed by atoms with Crippen LogP contribution in [0.15, 0.2) is 18.6 Å². The summed E-state index contributed by atoms with van der Waals surface area (Å²) in [6.45, 7) is 1.90. The van der Waals surface area contributed by atoms with Gasteiger partial charge < -0.3 is 14.5 Å². The van der Waals surface area contributed by atoms with E-state index in [0.29, 0.717) is 31.9 Å². The highest BCUT2D eigenvalue weighted by Crippen LogP contribution is 2.07. The van der Waals surface area contributed by atoms with E-state index in [0.717, 1.165) is 0 Å². The molecule has 1 saturated heterocycles. The van der Waals surface area contributed by atoms with Gasteiger partial charge in [0.2, 0.25) is 0 Å². The Bertz CT molecular complexity index is 429. The molecule has 1 aliphatic heterocycles. The summed E-state index contributed by atoms with van der Waals surface area (Å²) in [4.78, 5) is 34.4. The van der Waals surface area contributed by atoms with E-state index < -0.39 is 0 Å². The Hall–Kier alpha value is -2.18. The fourth-order valence-corrected chi connectivity index (χ4v) is 1.79. The molecule has 0 radical (unpaired) electrons. The molecule has 0 aliphatic carbocycles. The van der Waals surface area contributed by atoms with Crippen molar-refractivity contribution in [1.29, 1.82) is 0 Å². The molecule has 0 aromatic carbocycles. The summed E-state index contributed by atoms with van der Waals surface area (Å²) in [6, 6.07) is 0. The molecule has 1 aromatic rings. The summed E-state index contributed by atoms with van der Waals surface area (Å²) in [7, 11) is 1.35. The van der Waals surface area contributed by atoms with E-state index in [1.165, 1.54) is 25.7 Å². The van der Waals surface area contributed by atoms with Gasteiger partial charge in [-0.2, -0.15) is 0 Å². The molecule has 2 heterocycles. The zero-order valence-corrected chi connectivity index (χ0v) is 10.1. The lowest BCUT2D eigenvalue weighted by Crippen LogP contribution is -2.50. The molecule has 0 N–H and O–H groups in total. The molecule has 1 fully saturated rings. The summed E-state index contributed by atoms with van der Waals surface area (Å²) >= 11 is 0. The average Bonchev–Trinajstić information content (AvgIpc) is 2.47. The number of amides is 2. The first-order valence-electron chi connectivity index (χ1n) is 5.60. The van der Waals surface area contributed by atoms with Gasteiger partial charge >= 0.3 is 6.09 Å². The van der Waals surface area contributed by atoms with Crippen molar-refractivity contribution in [3.8, 4) is 0 Å². The minimum atomic E-state index is -0.360. The Kier molecular flexibility index (Phi) is 3.71. The van der Waals surface area contributed by atoms with Crippen molar-refractivity contribution in [2.75, 3.05) is 33.3 Å². The highest BCUT2D eigenvalue weighted by atomic mass is 16.5. The maximum absolute atomic E-state index is 12.0. The van der Waals surface area contributed by atoms with Gasteiger partial charge in [0.25, 0.3) is 5.91 Å². The van der Waals surface area contributed by atoms with Gasteiger partial charge in [-0.05, 0) is 0 Å². The molecule has 1 aliphatic rings. The number of hydrogen-bond acceptors (Lipinski definition) is 5. The molecule has 0 unspecified atom stereocenters. The van der Waals surface area contributed by atoms with E-state index >= 15 is 0 Å². The maximum atomic E-state index is 12.0. The van der Waals surface area contributed by atoms with E-state index in [1.54, 1.807) is 9.80 Å². The molecular weight excluding hydrogens is 236 g/mol. The third kappa shape index (κ3) is 2.55. The molecule has 0 bridgehead atoms. The zero-order valence-electron chi connectivity index (χ0n) is 10.1. The Balaban J connectivity index is 1.94. The topological polar surface area (TPSA) is 75.6 Å². The molecule has 0 atom stereocenters. The number of hydrogen-bond donors (Lipinski definition) is 0. The van der Waals surface area contributed by atoms with Crippen LogP contribution in [0.3, 0.4) is 0 Å². The van der Waals surface area contributed by atoms with Crippen molar-refractivity contribution < 1.29 is 14.3 Å². The van der Waals surface area contributed by atoms with Crippen LogP contribution in [0, 0.1) is 0 Å². The smallest absolute Gasteiger partial charge is 0.409 e. The number of nitrogens with zero attached hydrogens (tertiary/aromatic N) is 4. The standard InChI is InChI=1S/C11H14N4O3/c1-18-11(17)15-6-4-14(5-7-15)10(16)9-8-12-2-3-13-9/h2-3,8H,4-7H2,1H3. The predicted molar refractivity (Wildman–Crippen MR) is 61.9 cm³/mol. The van der Waals surface area contributed by atoms with Crippen LogP contribution in [-0.2, 0) is 4.74 Å². The van der Waals surface area contributed by atoms with Crippen LogP contribution in [-0.4, -0.2) is 65.1 Å². The molecule has 0 spiro atoms. The fourth-order valence-electron chi connectivity index (χ4n) is 1.79. The second kappa shape index (κ2) is 5.44. The van der Waals surface area contributed by atoms with Crippen molar-refractivity contribution in [1.82, 2.24) is 19.8 Å². The van der Waals surface area contributed by atoms with Crippen LogP contribution in [0.5, 0.6) is 0 Å². The number of methoxy groups -OCH3 is 1. The lowest BCUT2D eigenvalue weighted by Gasteiger charge is -2.33. The summed E-state index contributed by atoms with van der Waals surface area (Å²) in [5.74, 6) is -0.160. The van der Waals surface area contributed by atoms with Gasteiger partial charge in [0.1, 0.15) is 5.69 Å². The van der Waals surface area contributed by atoms with Gasteiger partial charge in [-0.1, -0.05) is 0 Å². The molecule has 18 heavy (non-hydrogen) atoms. The predicted octanol–water partition coefficient (Wildman–Crippen LogP) is 0.000800. The molecule has 2 amide bonds. The van der Waals surface area contributed by atoms with Crippen molar-refractivity contribution in [3.05, 3.63) is 24.3 Å². The molecule has 0 saturated carbocycles. The van der Waals surface area contributed by atoms with Gasteiger partial charge in [0, 0.05) is 38.6 Å². The molecule has 2 rings (SSSR count). The summed E-state index contributed by atoms with van der Waals surface area (Å²) in [6.07, 6.45) is 4.08. The molecule has 7 nitrogen and oxygen atoms in total. The number of ether oxygens (including phenoxy) is 1. The van der Waals surface area contributed by atoms with Crippen LogP contribution in [0.2, 0.25) is 0 Å². The second-order valence-electron chi connectivity index (χ2n) is 3.84. The van der Waals surface area contributed by atoms with Crippen LogP contribution in [0.4, 0.5) is 4.79 Å². The minimum absolute atomic E-state index is 0.160. The number of piperazine rings is 1. The highest BCUT2D eigenvalue weighted by molar-refractivity contribution is 5.92. The van der Waals surface area contributed by atoms with Crippen molar-refractivity contribution in [2.24, 2.45) is 0 Å². The van der Waals surface area contributed by atoms with Gasteiger partial charge in [0.15, 0.2) is 0 Å². The first-order valence-corrected chi connectivity index (χ1v) is 5.60.